The van der Waals surface area contributed by atoms with Gasteiger partial charge in [0.15, 0.2) is 5.58 Å². The maximum Gasteiger partial charge on any atom is 0.260 e. The molecule has 0 aliphatic rings. The van der Waals surface area contributed by atoms with E-state index in [2.05, 4.69) is 32.9 Å². The van der Waals surface area contributed by atoms with Gasteiger partial charge in [-0.25, -0.2) is 0 Å². The number of amides is 2. The number of carbonyl (C=O) groups is 2. The molecule has 3 rings (SSSR count). The zero-order valence-corrected chi connectivity index (χ0v) is 20.3. The van der Waals surface area contributed by atoms with Crippen molar-refractivity contribution in [1.29, 1.82) is 0 Å². The van der Waals surface area contributed by atoms with Gasteiger partial charge < -0.3 is 9.26 Å². The van der Waals surface area contributed by atoms with Crippen molar-refractivity contribution in [1.82, 2.24) is 10.1 Å². The van der Waals surface area contributed by atoms with Crippen molar-refractivity contribution in [2.75, 3.05) is 13.2 Å². The van der Waals surface area contributed by atoms with Gasteiger partial charge in [-0.2, -0.15) is 0 Å². The van der Waals surface area contributed by atoms with Crippen LogP contribution in [0.25, 0.3) is 11.0 Å². The molecule has 0 fully saturated rings. The average Bonchev–Trinajstić information content (AvgIpc) is 3.16. The SMILES string of the molecule is CCCc1c(OCCCN(C=O)C(=O)c2ccccc2C)ccc2c(CC(C)(C)C)noc12. The molecule has 0 bridgehead atoms. The van der Waals surface area contributed by atoms with Crippen molar-refractivity contribution in [2.45, 2.75) is 60.3 Å². The predicted molar refractivity (Wildman–Crippen MR) is 130 cm³/mol. The Morgan fingerprint density at radius 1 is 1.18 bits per heavy atom. The van der Waals surface area contributed by atoms with E-state index in [4.69, 9.17) is 9.26 Å². The molecule has 33 heavy (non-hydrogen) atoms. The van der Waals surface area contributed by atoms with E-state index in [0.717, 1.165) is 52.8 Å². The Hall–Kier alpha value is -3.15. The molecule has 2 aromatic carbocycles. The Labute approximate surface area is 195 Å². The van der Waals surface area contributed by atoms with Crippen LogP contribution in [0, 0.1) is 12.3 Å². The normalized spacial score (nSPS) is 11.5. The highest BCUT2D eigenvalue weighted by molar-refractivity contribution is 6.00. The number of hydrogen-bond donors (Lipinski definition) is 0. The topological polar surface area (TPSA) is 72.6 Å². The number of ether oxygens (including phenoxy) is 1. The molecule has 0 radical (unpaired) electrons. The van der Waals surface area contributed by atoms with E-state index < -0.39 is 0 Å². The van der Waals surface area contributed by atoms with Gasteiger partial charge in [0.25, 0.3) is 5.91 Å². The van der Waals surface area contributed by atoms with Crippen LogP contribution >= 0.6 is 0 Å². The lowest BCUT2D eigenvalue weighted by atomic mass is 9.89. The number of fused-ring (bicyclic) bond motifs is 1. The van der Waals surface area contributed by atoms with Gasteiger partial charge in [0.05, 0.1) is 12.3 Å². The molecule has 2 amide bonds. The Morgan fingerprint density at radius 3 is 2.61 bits per heavy atom. The van der Waals surface area contributed by atoms with Crippen molar-refractivity contribution in [2.24, 2.45) is 5.41 Å². The second kappa shape index (κ2) is 10.6. The zero-order valence-electron chi connectivity index (χ0n) is 20.3. The lowest BCUT2D eigenvalue weighted by Gasteiger charge is -2.17. The first-order valence-electron chi connectivity index (χ1n) is 11.6. The molecule has 0 aliphatic heterocycles. The first-order chi connectivity index (χ1) is 15.7. The molecule has 3 aromatic rings. The van der Waals surface area contributed by atoms with Gasteiger partial charge in [-0.05, 0) is 55.4 Å². The van der Waals surface area contributed by atoms with Gasteiger partial charge in [-0.3, -0.25) is 14.5 Å². The highest BCUT2D eigenvalue weighted by Gasteiger charge is 2.21. The van der Waals surface area contributed by atoms with E-state index in [1.807, 2.05) is 31.2 Å². The summed E-state index contributed by atoms with van der Waals surface area (Å²) in [5, 5.41) is 5.38. The summed E-state index contributed by atoms with van der Waals surface area (Å²) in [5.74, 6) is 0.481. The van der Waals surface area contributed by atoms with Gasteiger partial charge in [0.2, 0.25) is 6.41 Å². The van der Waals surface area contributed by atoms with E-state index in [9.17, 15) is 9.59 Å². The van der Waals surface area contributed by atoms with Crippen molar-refractivity contribution in [3.8, 4) is 5.75 Å². The van der Waals surface area contributed by atoms with Gasteiger partial charge in [0, 0.05) is 23.1 Å². The highest BCUT2D eigenvalue weighted by Crippen LogP contribution is 2.33. The smallest absolute Gasteiger partial charge is 0.260 e. The average molecular weight is 451 g/mol. The van der Waals surface area contributed by atoms with Crippen LogP contribution in [0.3, 0.4) is 0 Å². The van der Waals surface area contributed by atoms with E-state index in [0.29, 0.717) is 31.5 Å². The first-order valence-corrected chi connectivity index (χ1v) is 11.6. The summed E-state index contributed by atoms with van der Waals surface area (Å²) in [7, 11) is 0. The second-order valence-corrected chi connectivity index (χ2v) is 9.66. The van der Waals surface area contributed by atoms with Gasteiger partial charge in [0.1, 0.15) is 5.75 Å². The fourth-order valence-electron chi connectivity index (χ4n) is 3.93. The molecule has 0 atom stereocenters. The Balaban J connectivity index is 1.68. The van der Waals surface area contributed by atoms with Crippen LogP contribution in [0.4, 0.5) is 0 Å². The minimum absolute atomic E-state index is 0.115. The summed E-state index contributed by atoms with van der Waals surface area (Å²) >= 11 is 0. The van der Waals surface area contributed by atoms with Crippen LogP contribution in [-0.2, 0) is 17.6 Å². The molecule has 0 aliphatic carbocycles. The summed E-state index contributed by atoms with van der Waals surface area (Å²) in [6.07, 6.45) is 3.74. The van der Waals surface area contributed by atoms with E-state index in [1.165, 1.54) is 4.90 Å². The molecular formula is C27H34N2O4. The molecule has 0 N–H and O–H groups in total. The number of aromatic nitrogens is 1. The van der Waals surface area contributed by atoms with E-state index >= 15 is 0 Å². The standard InChI is InChI=1S/C27H34N2O4/c1-6-10-22-24(14-13-21-23(17-27(3,4)5)28-33-25(21)22)32-16-9-15-29(18-30)26(31)20-12-8-7-11-19(20)2/h7-8,11-14,18H,6,9-10,15-17H2,1-5H3. The second-order valence-electron chi connectivity index (χ2n) is 9.66. The molecule has 6 nitrogen and oxygen atoms in total. The molecule has 1 heterocycles. The fourth-order valence-corrected chi connectivity index (χ4v) is 3.93. The molecule has 1 aromatic heterocycles. The number of carbonyl (C=O) groups excluding carboxylic acids is 2. The summed E-state index contributed by atoms with van der Waals surface area (Å²) in [6.45, 7) is 11.2. The Morgan fingerprint density at radius 2 is 1.94 bits per heavy atom. The van der Waals surface area contributed by atoms with Crippen LogP contribution in [0.2, 0.25) is 0 Å². The third-order valence-corrected chi connectivity index (χ3v) is 5.54. The minimum Gasteiger partial charge on any atom is -0.493 e. The summed E-state index contributed by atoms with van der Waals surface area (Å²) in [6, 6.07) is 11.3. The number of benzene rings is 2. The maximum absolute atomic E-state index is 12.7. The number of imide groups is 1. The number of nitrogens with zero attached hydrogens (tertiary/aromatic N) is 2. The highest BCUT2D eigenvalue weighted by atomic mass is 16.5. The summed E-state index contributed by atoms with van der Waals surface area (Å²) < 4.78 is 11.8. The summed E-state index contributed by atoms with van der Waals surface area (Å²) in [4.78, 5) is 25.4. The third kappa shape index (κ3) is 6.01. The monoisotopic (exact) mass is 450 g/mol. The minimum atomic E-state index is -0.288. The van der Waals surface area contributed by atoms with Crippen LogP contribution in [-0.4, -0.2) is 35.5 Å². The number of hydrogen-bond acceptors (Lipinski definition) is 5. The quantitative estimate of drug-likeness (QED) is 0.291. The Bertz CT molecular complexity index is 1110. The van der Waals surface area contributed by atoms with Gasteiger partial charge in [-0.1, -0.05) is 57.5 Å². The number of aryl methyl sites for hydroxylation is 2. The van der Waals surface area contributed by atoms with Crippen LogP contribution in [0.15, 0.2) is 40.9 Å². The largest absolute Gasteiger partial charge is 0.493 e. The molecule has 0 saturated carbocycles. The van der Waals surface area contributed by atoms with Gasteiger partial charge in [-0.15, -0.1) is 0 Å². The summed E-state index contributed by atoms with van der Waals surface area (Å²) in [5.41, 5.74) is 4.28. The van der Waals surface area contributed by atoms with Crippen molar-refractivity contribution >= 4 is 23.3 Å². The van der Waals surface area contributed by atoms with Crippen LogP contribution in [0.5, 0.6) is 5.75 Å². The molecule has 0 spiro atoms. The van der Waals surface area contributed by atoms with Gasteiger partial charge >= 0.3 is 0 Å². The number of rotatable bonds is 10. The van der Waals surface area contributed by atoms with E-state index in [1.54, 1.807) is 12.1 Å². The van der Waals surface area contributed by atoms with Crippen molar-refractivity contribution in [3.63, 3.8) is 0 Å². The Kier molecular flexibility index (Phi) is 7.90. The fraction of sp³-hybridized carbons (Fsp3) is 0.444. The van der Waals surface area contributed by atoms with Crippen LogP contribution in [0.1, 0.15) is 67.7 Å². The molecular weight excluding hydrogens is 416 g/mol. The third-order valence-electron chi connectivity index (χ3n) is 5.54. The lowest BCUT2D eigenvalue weighted by Crippen LogP contribution is -2.31. The van der Waals surface area contributed by atoms with Crippen molar-refractivity contribution < 1.29 is 18.8 Å². The van der Waals surface area contributed by atoms with Crippen LogP contribution < -0.4 is 4.74 Å². The maximum atomic E-state index is 12.7. The lowest BCUT2D eigenvalue weighted by molar-refractivity contribution is -0.116. The predicted octanol–water partition coefficient (Wildman–Crippen LogP) is 5.75. The molecule has 0 saturated heterocycles. The zero-order chi connectivity index (χ0) is 24.0. The van der Waals surface area contributed by atoms with E-state index in [-0.39, 0.29) is 11.3 Å². The molecule has 176 valence electrons. The molecule has 0 unspecified atom stereocenters. The molecule has 6 heteroatoms. The van der Waals surface area contributed by atoms with Crippen molar-refractivity contribution in [3.05, 3.63) is 58.8 Å². The first kappa shape index (κ1) is 24.5.